The highest BCUT2D eigenvalue weighted by molar-refractivity contribution is 7.18. The van der Waals surface area contributed by atoms with Gasteiger partial charge in [0.25, 0.3) is 0 Å². The Morgan fingerprint density at radius 2 is 1.90 bits per heavy atom. The number of halogens is 1. The van der Waals surface area contributed by atoms with Crippen LogP contribution in [0.2, 0.25) is 0 Å². The molecule has 102 valence electrons. The summed E-state index contributed by atoms with van der Waals surface area (Å²) in [5.74, 6) is 0. The molecule has 3 heteroatoms. The van der Waals surface area contributed by atoms with E-state index in [0.29, 0.717) is 0 Å². The number of fused-ring (bicyclic) bond motifs is 1. The van der Waals surface area contributed by atoms with Gasteiger partial charge in [0.05, 0.1) is 20.6 Å². The summed E-state index contributed by atoms with van der Waals surface area (Å²) in [6, 6.07) is 14.7. The van der Waals surface area contributed by atoms with Gasteiger partial charge in [-0.2, -0.15) is 0 Å². The molecule has 0 aliphatic heterocycles. The van der Waals surface area contributed by atoms with E-state index >= 15 is 0 Å². The van der Waals surface area contributed by atoms with Gasteiger partial charge in [0.1, 0.15) is 0 Å². The summed E-state index contributed by atoms with van der Waals surface area (Å²) in [5, 5.41) is 1.08. The van der Waals surface area contributed by atoms with Crippen molar-refractivity contribution in [3.63, 3.8) is 0 Å². The molecule has 1 aromatic heterocycles. The van der Waals surface area contributed by atoms with Crippen LogP contribution in [0.25, 0.3) is 10.2 Å². The number of hydrogen-bond donors (Lipinski definition) is 0. The van der Waals surface area contributed by atoms with Gasteiger partial charge in [0, 0.05) is 6.42 Å². The SMILES string of the molecule is Cc1ccc(C(Cl)Cc2nc3ccccc3s2)cc1C. The third-order valence-electron chi connectivity index (χ3n) is 3.58. The quantitative estimate of drug-likeness (QED) is 0.587. The second kappa shape index (κ2) is 5.55. The van der Waals surface area contributed by atoms with Gasteiger partial charge in [0.15, 0.2) is 0 Å². The van der Waals surface area contributed by atoms with Gasteiger partial charge in [0.2, 0.25) is 0 Å². The molecule has 1 atom stereocenters. The Morgan fingerprint density at radius 3 is 2.65 bits per heavy atom. The van der Waals surface area contributed by atoms with Crippen LogP contribution in [0.5, 0.6) is 0 Å². The lowest BCUT2D eigenvalue weighted by molar-refractivity contribution is 0.908. The zero-order valence-corrected chi connectivity index (χ0v) is 13.1. The number of hydrogen-bond acceptors (Lipinski definition) is 2. The first-order valence-electron chi connectivity index (χ1n) is 6.69. The van der Waals surface area contributed by atoms with Crippen molar-refractivity contribution in [2.45, 2.75) is 25.6 Å². The molecule has 0 saturated heterocycles. The van der Waals surface area contributed by atoms with Crippen molar-refractivity contribution in [2.24, 2.45) is 0 Å². The molecule has 0 fully saturated rings. The Balaban J connectivity index is 1.84. The van der Waals surface area contributed by atoms with Gasteiger partial charge in [-0.1, -0.05) is 30.3 Å². The van der Waals surface area contributed by atoms with E-state index in [1.807, 2.05) is 12.1 Å². The number of aromatic nitrogens is 1. The first-order chi connectivity index (χ1) is 9.63. The molecule has 2 aromatic carbocycles. The maximum absolute atomic E-state index is 6.56. The van der Waals surface area contributed by atoms with Crippen molar-refractivity contribution < 1.29 is 0 Å². The molecule has 3 aromatic rings. The molecule has 3 rings (SSSR count). The Hall–Kier alpha value is -1.38. The number of aryl methyl sites for hydroxylation is 2. The predicted octanol–water partition coefficient (Wildman–Crippen LogP) is 5.44. The number of nitrogens with zero attached hydrogens (tertiary/aromatic N) is 1. The topological polar surface area (TPSA) is 12.9 Å². The average molecular weight is 302 g/mol. The molecule has 0 aliphatic rings. The van der Waals surface area contributed by atoms with Crippen LogP contribution in [0, 0.1) is 13.8 Å². The molecule has 1 nitrogen and oxygen atoms in total. The minimum atomic E-state index is -0.0186. The molecule has 0 spiro atoms. The van der Waals surface area contributed by atoms with Gasteiger partial charge in [-0.05, 0) is 42.7 Å². The minimum Gasteiger partial charge on any atom is -0.241 e. The minimum absolute atomic E-state index is 0.0186. The highest BCUT2D eigenvalue weighted by Crippen LogP contribution is 2.30. The van der Waals surface area contributed by atoms with E-state index in [4.69, 9.17) is 11.6 Å². The Kier molecular flexibility index (Phi) is 3.77. The van der Waals surface area contributed by atoms with Crippen LogP contribution >= 0.6 is 22.9 Å². The van der Waals surface area contributed by atoms with Crippen LogP contribution in [-0.2, 0) is 6.42 Å². The smallest absolute Gasteiger partial charge is 0.0956 e. The van der Waals surface area contributed by atoms with Crippen LogP contribution in [0.15, 0.2) is 42.5 Å². The molecule has 0 N–H and O–H groups in total. The van der Waals surface area contributed by atoms with E-state index in [1.165, 1.54) is 21.4 Å². The van der Waals surface area contributed by atoms with E-state index in [1.54, 1.807) is 11.3 Å². The summed E-state index contributed by atoms with van der Waals surface area (Å²) >= 11 is 8.29. The van der Waals surface area contributed by atoms with Crippen LogP contribution < -0.4 is 0 Å². The molecule has 0 amide bonds. The second-order valence-corrected chi connectivity index (χ2v) is 6.73. The third kappa shape index (κ3) is 2.72. The molecule has 1 heterocycles. The average Bonchev–Trinajstić information content (AvgIpc) is 2.83. The zero-order valence-electron chi connectivity index (χ0n) is 11.6. The van der Waals surface area contributed by atoms with Crippen molar-refractivity contribution in [3.8, 4) is 0 Å². The standard InChI is InChI=1S/C17H16ClNS/c1-11-7-8-13(9-12(11)2)14(18)10-17-19-15-5-3-4-6-16(15)20-17/h3-9,14H,10H2,1-2H3. The molecular formula is C17H16ClNS. The van der Waals surface area contributed by atoms with Crippen LogP contribution in [-0.4, -0.2) is 4.98 Å². The Labute approximate surface area is 128 Å². The van der Waals surface area contributed by atoms with Crippen molar-refractivity contribution >= 4 is 33.2 Å². The van der Waals surface area contributed by atoms with Gasteiger partial charge in [-0.25, -0.2) is 4.98 Å². The molecule has 0 aliphatic carbocycles. The predicted molar refractivity (Wildman–Crippen MR) is 87.8 cm³/mol. The summed E-state index contributed by atoms with van der Waals surface area (Å²) in [5.41, 5.74) is 4.83. The van der Waals surface area contributed by atoms with E-state index in [9.17, 15) is 0 Å². The van der Waals surface area contributed by atoms with E-state index in [2.05, 4.69) is 49.2 Å². The number of rotatable bonds is 3. The largest absolute Gasteiger partial charge is 0.241 e. The fourth-order valence-corrected chi connectivity index (χ4v) is 3.62. The maximum atomic E-state index is 6.56. The van der Waals surface area contributed by atoms with Crippen molar-refractivity contribution in [3.05, 3.63) is 64.2 Å². The zero-order chi connectivity index (χ0) is 14.1. The lowest BCUT2D eigenvalue weighted by Crippen LogP contribution is -1.96. The van der Waals surface area contributed by atoms with E-state index in [0.717, 1.165) is 16.9 Å². The number of para-hydroxylation sites is 1. The first kappa shape index (κ1) is 13.6. The van der Waals surface area contributed by atoms with Gasteiger partial charge in [-0.3, -0.25) is 0 Å². The fraction of sp³-hybridized carbons (Fsp3) is 0.235. The summed E-state index contributed by atoms with van der Waals surface area (Å²) in [7, 11) is 0. The number of benzene rings is 2. The highest BCUT2D eigenvalue weighted by atomic mass is 35.5. The molecule has 0 bridgehead atoms. The first-order valence-corrected chi connectivity index (χ1v) is 7.94. The summed E-state index contributed by atoms with van der Waals surface area (Å²) in [6.45, 7) is 4.25. The van der Waals surface area contributed by atoms with Crippen LogP contribution in [0.3, 0.4) is 0 Å². The molecule has 1 unspecified atom stereocenters. The van der Waals surface area contributed by atoms with E-state index in [-0.39, 0.29) is 5.38 Å². The van der Waals surface area contributed by atoms with Gasteiger partial charge < -0.3 is 0 Å². The van der Waals surface area contributed by atoms with Crippen molar-refractivity contribution in [1.82, 2.24) is 4.98 Å². The lowest BCUT2D eigenvalue weighted by atomic mass is 10.0. The third-order valence-corrected chi connectivity index (χ3v) is 5.05. The van der Waals surface area contributed by atoms with Crippen LogP contribution in [0.4, 0.5) is 0 Å². The monoisotopic (exact) mass is 301 g/mol. The van der Waals surface area contributed by atoms with Gasteiger partial charge in [-0.15, -0.1) is 22.9 Å². The second-order valence-electron chi connectivity index (χ2n) is 5.09. The Morgan fingerprint density at radius 1 is 1.10 bits per heavy atom. The molecule has 20 heavy (non-hydrogen) atoms. The number of thiazole rings is 1. The number of alkyl halides is 1. The summed E-state index contributed by atoms with van der Waals surface area (Å²) in [4.78, 5) is 4.65. The molecule has 0 radical (unpaired) electrons. The Bertz CT molecular complexity index is 715. The molecular weight excluding hydrogens is 286 g/mol. The molecule has 0 saturated carbocycles. The normalized spacial score (nSPS) is 12.8. The fourth-order valence-electron chi connectivity index (χ4n) is 2.24. The van der Waals surface area contributed by atoms with E-state index < -0.39 is 0 Å². The summed E-state index contributed by atoms with van der Waals surface area (Å²) < 4.78 is 1.23. The maximum Gasteiger partial charge on any atom is 0.0956 e. The van der Waals surface area contributed by atoms with Crippen LogP contribution in [0.1, 0.15) is 27.1 Å². The van der Waals surface area contributed by atoms with Crippen molar-refractivity contribution in [1.29, 1.82) is 0 Å². The summed E-state index contributed by atoms with van der Waals surface area (Å²) in [6.07, 6.45) is 0.781. The van der Waals surface area contributed by atoms with Crippen molar-refractivity contribution in [2.75, 3.05) is 0 Å². The highest BCUT2D eigenvalue weighted by Gasteiger charge is 2.13. The lowest BCUT2D eigenvalue weighted by Gasteiger charge is -2.10. The van der Waals surface area contributed by atoms with Gasteiger partial charge >= 0.3 is 0 Å².